The minimum atomic E-state index is 0.0657. The predicted octanol–water partition coefficient (Wildman–Crippen LogP) is 1.49. The summed E-state index contributed by atoms with van der Waals surface area (Å²) in [6, 6.07) is 5.81. The number of methoxy groups -OCH3 is 1. The largest absolute Gasteiger partial charge is 0.380 e. The van der Waals surface area contributed by atoms with Crippen LogP contribution in [0.3, 0.4) is 0 Å². The Kier molecular flexibility index (Phi) is 3.27. The highest BCUT2D eigenvalue weighted by Crippen LogP contribution is 2.25. The number of aromatic nitrogens is 3. The first-order valence-electron chi connectivity index (χ1n) is 6.30. The van der Waals surface area contributed by atoms with Crippen LogP contribution in [0.5, 0.6) is 0 Å². The van der Waals surface area contributed by atoms with Gasteiger partial charge >= 0.3 is 0 Å². The van der Waals surface area contributed by atoms with Gasteiger partial charge in [0.25, 0.3) is 0 Å². The van der Waals surface area contributed by atoms with Crippen molar-refractivity contribution in [2.24, 2.45) is 0 Å². The molecule has 6 nitrogen and oxygen atoms in total. The van der Waals surface area contributed by atoms with Crippen LogP contribution in [0.2, 0.25) is 0 Å². The van der Waals surface area contributed by atoms with E-state index < -0.39 is 0 Å². The summed E-state index contributed by atoms with van der Waals surface area (Å²) in [5, 5.41) is 7.30. The van der Waals surface area contributed by atoms with Crippen LogP contribution in [0.4, 0.5) is 0 Å². The summed E-state index contributed by atoms with van der Waals surface area (Å²) in [6.07, 6.45) is 1.05. The third kappa shape index (κ3) is 2.50. The second kappa shape index (κ2) is 5.07. The first-order valence-corrected chi connectivity index (χ1v) is 6.30. The van der Waals surface area contributed by atoms with Gasteiger partial charge < -0.3 is 14.6 Å². The summed E-state index contributed by atoms with van der Waals surface area (Å²) in [4.78, 5) is 8.80. The molecule has 3 heterocycles. The monoisotopic (exact) mass is 260 g/mol. The van der Waals surface area contributed by atoms with Crippen LogP contribution in [-0.2, 0) is 4.74 Å². The van der Waals surface area contributed by atoms with E-state index in [4.69, 9.17) is 9.26 Å². The second-order valence-electron chi connectivity index (χ2n) is 4.67. The van der Waals surface area contributed by atoms with Gasteiger partial charge in [-0.25, -0.2) is 4.98 Å². The minimum Gasteiger partial charge on any atom is -0.380 e. The van der Waals surface area contributed by atoms with Crippen molar-refractivity contribution in [2.75, 3.05) is 13.7 Å². The maximum absolute atomic E-state index is 5.32. The van der Waals surface area contributed by atoms with Gasteiger partial charge in [0.2, 0.25) is 11.7 Å². The van der Waals surface area contributed by atoms with Gasteiger partial charge in [0, 0.05) is 19.3 Å². The molecule has 6 heteroatoms. The maximum atomic E-state index is 5.32. The standard InChI is InChI=1S/C13H16N4O2/c1-8-4-3-5-10(15-8)12-16-13(19-17-12)11-6-9(18-2)7-14-11/h3-5,9,11,14H,6-7H2,1-2H3. The molecule has 0 radical (unpaired) electrons. The summed E-state index contributed by atoms with van der Waals surface area (Å²) in [7, 11) is 1.71. The molecule has 1 N–H and O–H groups in total. The molecule has 2 unspecified atom stereocenters. The fraction of sp³-hybridized carbons (Fsp3) is 0.462. The van der Waals surface area contributed by atoms with Crippen LogP contribution in [0.1, 0.15) is 24.0 Å². The molecular formula is C13H16N4O2. The van der Waals surface area contributed by atoms with Crippen molar-refractivity contribution in [3.63, 3.8) is 0 Å². The van der Waals surface area contributed by atoms with E-state index in [1.165, 1.54) is 0 Å². The lowest BCUT2D eigenvalue weighted by atomic mass is 10.2. The van der Waals surface area contributed by atoms with Gasteiger partial charge in [0.05, 0.1) is 12.1 Å². The average molecular weight is 260 g/mol. The SMILES string of the molecule is COC1CNC(c2nc(-c3cccc(C)n3)no2)C1. The molecule has 0 saturated carbocycles. The van der Waals surface area contributed by atoms with Crippen molar-refractivity contribution in [1.29, 1.82) is 0 Å². The Bertz CT molecular complexity index is 569. The maximum Gasteiger partial charge on any atom is 0.244 e. The average Bonchev–Trinajstić information content (AvgIpc) is 3.07. The third-order valence-electron chi connectivity index (χ3n) is 3.28. The Morgan fingerprint density at radius 3 is 3.00 bits per heavy atom. The van der Waals surface area contributed by atoms with E-state index in [1.807, 2.05) is 25.1 Å². The van der Waals surface area contributed by atoms with Crippen LogP contribution in [0.25, 0.3) is 11.5 Å². The summed E-state index contributed by atoms with van der Waals surface area (Å²) in [5.74, 6) is 1.12. The molecule has 0 bridgehead atoms. The molecule has 1 saturated heterocycles. The van der Waals surface area contributed by atoms with E-state index >= 15 is 0 Å². The molecule has 2 aromatic heterocycles. The molecule has 100 valence electrons. The van der Waals surface area contributed by atoms with E-state index in [-0.39, 0.29) is 12.1 Å². The highest BCUT2D eigenvalue weighted by atomic mass is 16.5. The normalized spacial score (nSPS) is 22.8. The minimum absolute atomic E-state index is 0.0657. The predicted molar refractivity (Wildman–Crippen MR) is 68.4 cm³/mol. The molecule has 3 rings (SSSR count). The number of aryl methyl sites for hydroxylation is 1. The Morgan fingerprint density at radius 1 is 1.37 bits per heavy atom. The number of nitrogens with zero attached hydrogens (tertiary/aromatic N) is 3. The summed E-state index contributed by atoms with van der Waals surface area (Å²) in [5.41, 5.74) is 1.67. The Balaban J connectivity index is 1.80. The van der Waals surface area contributed by atoms with Gasteiger partial charge in [-0.2, -0.15) is 4.98 Å². The topological polar surface area (TPSA) is 73.1 Å². The van der Waals surface area contributed by atoms with Gasteiger partial charge in [-0.1, -0.05) is 11.2 Å². The van der Waals surface area contributed by atoms with Crippen LogP contribution >= 0.6 is 0 Å². The second-order valence-corrected chi connectivity index (χ2v) is 4.67. The number of nitrogens with one attached hydrogen (secondary N) is 1. The molecule has 0 amide bonds. The van der Waals surface area contributed by atoms with Crippen molar-refractivity contribution >= 4 is 0 Å². The molecule has 0 aromatic carbocycles. The number of hydrogen-bond donors (Lipinski definition) is 1. The molecule has 2 aromatic rings. The molecule has 0 aliphatic carbocycles. The van der Waals surface area contributed by atoms with E-state index in [0.29, 0.717) is 11.7 Å². The van der Waals surface area contributed by atoms with Crippen molar-refractivity contribution in [3.8, 4) is 11.5 Å². The smallest absolute Gasteiger partial charge is 0.244 e. The Hall–Kier alpha value is -1.79. The Morgan fingerprint density at radius 2 is 2.26 bits per heavy atom. The molecule has 1 fully saturated rings. The van der Waals surface area contributed by atoms with Gasteiger partial charge in [0.15, 0.2) is 0 Å². The number of hydrogen-bond acceptors (Lipinski definition) is 6. The van der Waals surface area contributed by atoms with E-state index in [9.17, 15) is 0 Å². The third-order valence-corrected chi connectivity index (χ3v) is 3.28. The fourth-order valence-electron chi connectivity index (χ4n) is 2.22. The van der Waals surface area contributed by atoms with Gasteiger partial charge in [-0.05, 0) is 25.5 Å². The zero-order valence-electron chi connectivity index (χ0n) is 11.0. The number of rotatable bonds is 3. The van der Waals surface area contributed by atoms with Crippen LogP contribution in [-0.4, -0.2) is 34.9 Å². The van der Waals surface area contributed by atoms with Crippen LogP contribution in [0, 0.1) is 6.92 Å². The van der Waals surface area contributed by atoms with Gasteiger partial charge in [-0.3, -0.25) is 0 Å². The first kappa shape index (κ1) is 12.3. The van der Waals surface area contributed by atoms with Gasteiger partial charge in [0.1, 0.15) is 5.69 Å². The van der Waals surface area contributed by atoms with Crippen molar-refractivity contribution in [3.05, 3.63) is 29.8 Å². The zero-order chi connectivity index (χ0) is 13.2. The highest BCUT2D eigenvalue weighted by Gasteiger charge is 2.29. The van der Waals surface area contributed by atoms with E-state index in [2.05, 4.69) is 20.4 Å². The van der Waals surface area contributed by atoms with Gasteiger partial charge in [-0.15, -0.1) is 0 Å². The van der Waals surface area contributed by atoms with E-state index in [1.54, 1.807) is 7.11 Å². The molecule has 2 atom stereocenters. The molecular weight excluding hydrogens is 244 g/mol. The van der Waals surface area contributed by atoms with Crippen LogP contribution < -0.4 is 5.32 Å². The van der Waals surface area contributed by atoms with Crippen molar-refractivity contribution < 1.29 is 9.26 Å². The fourth-order valence-corrected chi connectivity index (χ4v) is 2.22. The number of ether oxygens (including phenoxy) is 1. The summed E-state index contributed by atoms with van der Waals surface area (Å²) in [6.45, 7) is 2.74. The van der Waals surface area contributed by atoms with Crippen LogP contribution in [0.15, 0.2) is 22.7 Å². The quantitative estimate of drug-likeness (QED) is 0.901. The lowest BCUT2D eigenvalue weighted by Gasteiger charge is -2.04. The Labute approximate surface area is 111 Å². The van der Waals surface area contributed by atoms with E-state index in [0.717, 1.165) is 24.4 Å². The van der Waals surface area contributed by atoms with Crippen molar-refractivity contribution in [2.45, 2.75) is 25.5 Å². The molecule has 0 spiro atoms. The number of pyridine rings is 1. The molecule has 19 heavy (non-hydrogen) atoms. The lowest BCUT2D eigenvalue weighted by molar-refractivity contribution is 0.116. The summed E-state index contributed by atoms with van der Waals surface area (Å²) >= 11 is 0. The molecule has 1 aliphatic rings. The first-order chi connectivity index (χ1) is 9.26. The van der Waals surface area contributed by atoms with Crippen molar-refractivity contribution in [1.82, 2.24) is 20.4 Å². The molecule has 1 aliphatic heterocycles. The lowest BCUT2D eigenvalue weighted by Crippen LogP contribution is -2.16. The zero-order valence-corrected chi connectivity index (χ0v) is 11.0. The highest BCUT2D eigenvalue weighted by molar-refractivity contribution is 5.48. The summed E-state index contributed by atoms with van der Waals surface area (Å²) < 4.78 is 10.6.